The van der Waals surface area contributed by atoms with Crippen molar-refractivity contribution < 1.29 is 5.11 Å². The Bertz CT molecular complexity index is 396. The molecule has 0 saturated heterocycles. The van der Waals surface area contributed by atoms with E-state index in [1.807, 2.05) is 0 Å². The van der Waals surface area contributed by atoms with Gasteiger partial charge in [-0.15, -0.1) is 0 Å². The van der Waals surface area contributed by atoms with E-state index in [-0.39, 0.29) is 5.75 Å². The minimum absolute atomic E-state index is 0.244. The van der Waals surface area contributed by atoms with Crippen molar-refractivity contribution in [1.29, 1.82) is 0 Å². The molecule has 0 spiro atoms. The number of phenolic OH excluding ortho intramolecular Hbond substituents is 1. The first-order valence-electron chi connectivity index (χ1n) is 3.10. The van der Waals surface area contributed by atoms with Gasteiger partial charge in [0.05, 0.1) is 11.0 Å². The van der Waals surface area contributed by atoms with Gasteiger partial charge in [0.25, 0.3) is 0 Å². The molecule has 0 amide bonds. The lowest BCUT2D eigenvalue weighted by molar-refractivity contribution is 0.476. The lowest BCUT2D eigenvalue weighted by Crippen LogP contribution is -1.67. The molecular formula is C7H5BrN2O. The lowest BCUT2D eigenvalue weighted by Gasteiger charge is -1.88. The number of benzene rings is 1. The largest absolute Gasteiger partial charge is 0.508 e. The molecule has 0 saturated carbocycles. The standard InChI is InChI=1S/C7H5BrN2O/c8-7-9-5-2-1-4(11)3-6(5)10-7/h1-3,11H,(H,9,10). The second-order valence-corrected chi connectivity index (χ2v) is 2.98. The lowest BCUT2D eigenvalue weighted by atomic mass is 10.3. The third-order valence-electron chi connectivity index (χ3n) is 1.44. The summed E-state index contributed by atoms with van der Waals surface area (Å²) >= 11 is 3.20. The highest BCUT2D eigenvalue weighted by molar-refractivity contribution is 9.10. The Labute approximate surface area is 71.2 Å². The fraction of sp³-hybridized carbons (Fsp3) is 0. The van der Waals surface area contributed by atoms with Gasteiger partial charge < -0.3 is 10.1 Å². The molecule has 1 aromatic carbocycles. The SMILES string of the molecule is Oc1ccc2nc(Br)[nH]c2c1. The quantitative estimate of drug-likeness (QED) is 0.703. The fourth-order valence-electron chi connectivity index (χ4n) is 0.966. The molecule has 2 aromatic rings. The molecule has 0 unspecified atom stereocenters. The number of halogens is 1. The van der Waals surface area contributed by atoms with Crippen LogP contribution in [0.5, 0.6) is 5.75 Å². The van der Waals surface area contributed by atoms with Crippen LogP contribution in [0.3, 0.4) is 0 Å². The van der Waals surface area contributed by atoms with Crippen molar-refractivity contribution in [3.63, 3.8) is 0 Å². The van der Waals surface area contributed by atoms with Crippen LogP contribution in [0.15, 0.2) is 22.9 Å². The maximum absolute atomic E-state index is 9.08. The number of nitrogens with zero attached hydrogens (tertiary/aromatic N) is 1. The second kappa shape index (κ2) is 2.23. The molecule has 0 aliphatic rings. The Morgan fingerprint density at radius 1 is 1.45 bits per heavy atom. The van der Waals surface area contributed by atoms with Gasteiger partial charge >= 0.3 is 0 Å². The number of imidazole rings is 1. The molecule has 0 atom stereocenters. The van der Waals surface area contributed by atoms with Crippen LogP contribution in [0.2, 0.25) is 0 Å². The molecule has 0 bridgehead atoms. The van der Waals surface area contributed by atoms with Gasteiger partial charge in [-0.05, 0) is 28.1 Å². The Morgan fingerprint density at radius 2 is 2.27 bits per heavy atom. The van der Waals surface area contributed by atoms with E-state index in [2.05, 4.69) is 25.9 Å². The molecule has 11 heavy (non-hydrogen) atoms. The zero-order chi connectivity index (χ0) is 7.84. The average molecular weight is 213 g/mol. The van der Waals surface area contributed by atoms with Crippen LogP contribution < -0.4 is 0 Å². The van der Waals surface area contributed by atoms with E-state index >= 15 is 0 Å². The smallest absolute Gasteiger partial charge is 0.175 e. The van der Waals surface area contributed by atoms with Crippen LogP contribution in [-0.2, 0) is 0 Å². The summed E-state index contributed by atoms with van der Waals surface area (Å²) in [6.45, 7) is 0. The highest BCUT2D eigenvalue weighted by Gasteiger charge is 1.99. The van der Waals surface area contributed by atoms with Crippen molar-refractivity contribution in [2.75, 3.05) is 0 Å². The minimum Gasteiger partial charge on any atom is -0.508 e. The number of hydrogen-bond acceptors (Lipinski definition) is 2. The van der Waals surface area contributed by atoms with Crippen molar-refractivity contribution >= 4 is 27.0 Å². The van der Waals surface area contributed by atoms with Crippen LogP contribution in [0.1, 0.15) is 0 Å². The minimum atomic E-state index is 0.244. The Hall–Kier alpha value is -1.03. The molecule has 2 rings (SSSR count). The third-order valence-corrected chi connectivity index (χ3v) is 1.81. The van der Waals surface area contributed by atoms with E-state index in [0.717, 1.165) is 11.0 Å². The van der Waals surface area contributed by atoms with E-state index in [9.17, 15) is 0 Å². The predicted octanol–water partition coefficient (Wildman–Crippen LogP) is 2.03. The van der Waals surface area contributed by atoms with Gasteiger partial charge in [0.1, 0.15) is 5.75 Å². The van der Waals surface area contributed by atoms with Crippen molar-refractivity contribution in [3.05, 3.63) is 22.9 Å². The van der Waals surface area contributed by atoms with Crippen LogP contribution in [0.4, 0.5) is 0 Å². The topological polar surface area (TPSA) is 48.9 Å². The molecule has 2 N–H and O–H groups in total. The van der Waals surface area contributed by atoms with Gasteiger partial charge in [-0.2, -0.15) is 0 Å². The van der Waals surface area contributed by atoms with Crippen LogP contribution in [-0.4, -0.2) is 15.1 Å². The number of H-pyrrole nitrogens is 1. The van der Waals surface area contributed by atoms with Crippen LogP contribution in [0.25, 0.3) is 11.0 Å². The van der Waals surface area contributed by atoms with Crippen molar-refractivity contribution in [3.8, 4) is 5.75 Å². The van der Waals surface area contributed by atoms with E-state index in [1.54, 1.807) is 18.2 Å². The fourth-order valence-corrected chi connectivity index (χ4v) is 1.37. The summed E-state index contributed by atoms with van der Waals surface area (Å²) in [4.78, 5) is 7.05. The Balaban J connectivity index is 2.82. The highest BCUT2D eigenvalue weighted by atomic mass is 79.9. The summed E-state index contributed by atoms with van der Waals surface area (Å²) in [7, 11) is 0. The van der Waals surface area contributed by atoms with Crippen LogP contribution >= 0.6 is 15.9 Å². The van der Waals surface area contributed by atoms with Crippen LogP contribution in [0, 0.1) is 0 Å². The molecule has 56 valence electrons. The second-order valence-electron chi connectivity index (χ2n) is 2.23. The third kappa shape index (κ3) is 1.09. The average Bonchev–Trinajstić information content (AvgIpc) is 2.27. The first-order chi connectivity index (χ1) is 5.25. The van der Waals surface area contributed by atoms with Gasteiger partial charge in [-0.3, -0.25) is 0 Å². The predicted molar refractivity (Wildman–Crippen MR) is 45.5 cm³/mol. The van der Waals surface area contributed by atoms with Gasteiger partial charge in [0.15, 0.2) is 4.73 Å². The molecular weight excluding hydrogens is 208 g/mol. The molecule has 3 nitrogen and oxygen atoms in total. The zero-order valence-electron chi connectivity index (χ0n) is 5.50. The van der Waals surface area contributed by atoms with Gasteiger partial charge in [-0.25, -0.2) is 4.98 Å². The van der Waals surface area contributed by atoms with Gasteiger partial charge in [-0.1, -0.05) is 0 Å². The number of rotatable bonds is 0. The maximum Gasteiger partial charge on any atom is 0.175 e. The summed E-state index contributed by atoms with van der Waals surface area (Å²) in [5.41, 5.74) is 1.67. The number of aromatic hydroxyl groups is 1. The summed E-state index contributed by atoms with van der Waals surface area (Å²) in [6, 6.07) is 4.99. The Kier molecular flexibility index (Phi) is 1.35. The van der Waals surface area contributed by atoms with E-state index in [4.69, 9.17) is 5.11 Å². The molecule has 0 fully saturated rings. The molecule has 4 heteroatoms. The highest BCUT2D eigenvalue weighted by Crippen LogP contribution is 2.19. The summed E-state index contributed by atoms with van der Waals surface area (Å²) in [5.74, 6) is 0.244. The Morgan fingerprint density at radius 3 is 3.09 bits per heavy atom. The number of nitrogens with one attached hydrogen (secondary N) is 1. The van der Waals surface area contributed by atoms with E-state index < -0.39 is 0 Å². The number of phenols is 1. The maximum atomic E-state index is 9.08. The van der Waals surface area contributed by atoms with Gasteiger partial charge in [0.2, 0.25) is 0 Å². The number of aromatic amines is 1. The number of fused-ring (bicyclic) bond motifs is 1. The first-order valence-corrected chi connectivity index (χ1v) is 3.89. The van der Waals surface area contributed by atoms with Gasteiger partial charge in [0, 0.05) is 6.07 Å². The number of hydrogen-bond donors (Lipinski definition) is 2. The number of aromatic nitrogens is 2. The van der Waals surface area contributed by atoms with E-state index in [0.29, 0.717) is 4.73 Å². The summed E-state index contributed by atoms with van der Waals surface area (Å²) in [5, 5.41) is 9.08. The van der Waals surface area contributed by atoms with E-state index in [1.165, 1.54) is 0 Å². The molecule has 1 heterocycles. The molecule has 0 aliphatic heterocycles. The molecule has 0 aliphatic carbocycles. The molecule has 0 radical (unpaired) electrons. The zero-order valence-corrected chi connectivity index (χ0v) is 7.09. The summed E-state index contributed by atoms with van der Waals surface area (Å²) in [6.07, 6.45) is 0. The summed E-state index contributed by atoms with van der Waals surface area (Å²) < 4.78 is 0.679. The van der Waals surface area contributed by atoms with Crippen molar-refractivity contribution in [2.45, 2.75) is 0 Å². The van der Waals surface area contributed by atoms with Crippen molar-refractivity contribution in [2.24, 2.45) is 0 Å². The monoisotopic (exact) mass is 212 g/mol. The van der Waals surface area contributed by atoms with Crippen molar-refractivity contribution in [1.82, 2.24) is 9.97 Å². The normalized spacial score (nSPS) is 10.6. The first kappa shape index (κ1) is 6.67. The molecule has 1 aromatic heterocycles.